The number of allylic oxidation sites excluding steroid dienone is 1. The molecule has 0 aromatic heterocycles. The SMILES string of the molecule is CCCOc1ccc(CNC2CC2)c(OCC=C(C)C)c1. The summed E-state index contributed by atoms with van der Waals surface area (Å²) in [6.45, 7) is 8.49. The lowest BCUT2D eigenvalue weighted by Gasteiger charge is -2.13. The smallest absolute Gasteiger partial charge is 0.127 e. The Balaban J connectivity index is 2.02. The summed E-state index contributed by atoms with van der Waals surface area (Å²) in [5, 5.41) is 3.54. The Kier molecular flexibility index (Phi) is 6.12. The predicted molar refractivity (Wildman–Crippen MR) is 87.0 cm³/mol. The molecule has 0 heterocycles. The quantitative estimate of drug-likeness (QED) is 0.695. The molecular formula is C18H27NO2. The van der Waals surface area contributed by atoms with Crippen LogP contribution in [-0.4, -0.2) is 19.3 Å². The standard InChI is InChI=1S/C18H27NO2/c1-4-10-20-17-8-5-15(13-19-16-6-7-16)18(12-17)21-11-9-14(2)3/h5,8-9,12,16,19H,4,6-7,10-11,13H2,1-3H3. The lowest BCUT2D eigenvalue weighted by atomic mass is 10.2. The van der Waals surface area contributed by atoms with E-state index in [4.69, 9.17) is 9.47 Å². The molecule has 0 bridgehead atoms. The third-order valence-corrected chi connectivity index (χ3v) is 3.40. The van der Waals surface area contributed by atoms with E-state index in [9.17, 15) is 0 Å². The molecule has 0 amide bonds. The number of nitrogens with one attached hydrogen (secondary N) is 1. The highest BCUT2D eigenvalue weighted by molar-refractivity contribution is 5.41. The molecule has 1 fully saturated rings. The zero-order valence-corrected chi connectivity index (χ0v) is 13.4. The van der Waals surface area contributed by atoms with Crippen LogP contribution >= 0.6 is 0 Å². The van der Waals surface area contributed by atoms with Crippen molar-refractivity contribution in [2.24, 2.45) is 0 Å². The molecule has 3 heteroatoms. The maximum atomic E-state index is 5.92. The van der Waals surface area contributed by atoms with Gasteiger partial charge in [0, 0.05) is 24.2 Å². The minimum absolute atomic E-state index is 0.607. The van der Waals surface area contributed by atoms with Crippen LogP contribution in [0.4, 0.5) is 0 Å². The van der Waals surface area contributed by atoms with Crippen LogP contribution in [0.15, 0.2) is 29.8 Å². The Morgan fingerprint density at radius 3 is 2.76 bits per heavy atom. The second-order valence-corrected chi connectivity index (χ2v) is 5.87. The fraction of sp³-hybridized carbons (Fsp3) is 0.556. The third kappa shape index (κ3) is 5.80. The van der Waals surface area contributed by atoms with Crippen LogP contribution in [0.5, 0.6) is 11.5 Å². The van der Waals surface area contributed by atoms with E-state index in [1.807, 2.05) is 12.1 Å². The maximum absolute atomic E-state index is 5.92. The van der Waals surface area contributed by atoms with Crippen molar-refractivity contribution in [1.29, 1.82) is 0 Å². The van der Waals surface area contributed by atoms with Gasteiger partial charge < -0.3 is 14.8 Å². The number of hydrogen-bond donors (Lipinski definition) is 1. The first-order valence-electron chi connectivity index (χ1n) is 7.94. The maximum Gasteiger partial charge on any atom is 0.127 e. The summed E-state index contributed by atoms with van der Waals surface area (Å²) in [4.78, 5) is 0. The van der Waals surface area contributed by atoms with Crippen molar-refractivity contribution in [3.05, 3.63) is 35.4 Å². The van der Waals surface area contributed by atoms with Crippen molar-refractivity contribution < 1.29 is 9.47 Å². The molecule has 3 nitrogen and oxygen atoms in total. The van der Waals surface area contributed by atoms with Gasteiger partial charge in [-0.05, 0) is 45.3 Å². The van der Waals surface area contributed by atoms with Gasteiger partial charge in [-0.2, -0.15) is 0 Å². The topological polar surface area (TPSA) is 30.5 Å². The van der Waals surface area contributed by atoms with Gasteiger partial charge in [-0.3, -0.25) is 0 Å². The van der Waals surface area contributed by atoms with E-state index < -0.39 is 0 Å². The van der Waals surface area contributed by atoms with Gasteiger partial charge in [-0.25, -0.2) is 0 Å². The summed E-state index contributed by atoms with van der Waals surface area (Å²) < 4.78 is 11.6. The van der Waals surface area contributed by atoms with Crippen molar-refractivity contribution in [1.82, 2.24) is 5.32 Å². The monoisotopic (exact) mass is 289 g/mol. The van der Waals surface area contributed by atoms with Crippen LogP contribution in [0.1, 0.15) is 45.6 Å². The first kappa shape index (κ1) is 15.9. The summed E-state index contributed by atoms with van der Waals surface area (Å²) in [6, 6.07) is 6.86. The fourth-order valence-electron chi connectivity index (χ4n) is 1.96. The molecule has 1 aromatic carbocycles. The van der Waals surface area contributed by atoms with E-state index in [1.165, 1.54) is 24.0 Å². The van der Waals surface area contributed by atoms with Gasteiger partial charge in [0.25, 0.3) is 0 Å². The number of hydrogen-bond acceptors (Lipinski definition) is 3. The zero-order valence-electron chi connectivity index (χ0n) is 13.4. The summed E-state index contributed by atoms with van der Waals surface area (Å²) in [5.41, 5.74) is 2.47. The van der Waals surface area contributed by atoms with Crippen LogP contribution in [0.2, 0.25) is 0 Å². The molecule has 0 saturated heterocycles. The Hall–Kier alpha value is -1.48. The highest BCUT2D eigenvalue weighted by atomic mass is 16.5. The summed E-state index contributed by atoms with van der Waals surface area (Å²) in [7, 11) is 0. The largest absolute Gasteiger partial charge is 0.493 e. The highest BCUT2D eigenvalue weighted by Crippen LogP contribution is 2.27. The van der Waals surface area contributed by atoms with Gasteiger partial charge in [0.2, 0.25) is 0 Å². The molecule has 1 aliphatic rings. The van der Waals surface area contributed by atoms with Crippen molar-refractivity contribution >= 4 is 0 Å². The van der Waals surface area contributed by atoms with Gasteiger partial charge in [0.15, 0.2) is 0 Å². The Morgan fingerprint density at radius 1 is 1.29 bits per heavy atom. The van der Waals surface area contributed by atoms with Crippen LogP contribution in [0, 0.1) is 0 Å². The molecule has 0 radical (unpaired) electrons. The number of ether oxygens (including phenoxy) is 2. The van der Waals surface area contributed by atoms with E-state index in [0.717, 1.165) is 31.1 Å². The lowest BCUT2D eigenvalue weighted by molar-refractivity contribution is 0.311. The highest BCUT2D eigenvalue weighted by Gasteiger charge is 2.20. The first-order valence-corrected chi connectivity index (χ1v) is 7.94. The van der Waals surface area contributed by atoms with Gasteiger partial charge in [0.1, 0.15) is 18.1 Å². The number of rotatable bonds is 9. The van der Waals surface area contributed by atoms with E-state index in [1.54, 1.807) is 0 Å². The van der Waals surface area contributed by atoms with E-state index in [2.05, 4.69) is 38.2 Å². The average molecular weight is 289 g/mol. The van der Waals surface area contributed by atoms with Crippen molar-refractivity contribution in [3.8, 4) is 11.5 Å². The zero-order chi connectivity index (χ0) is 15.1. The first-order chi connectivity index (χ1) is 10.2. The molecule has 0 atom stereocenters. The van der Waals surface area contributed by atoms with Crippen LogP contribution in [-0.2, 0) is 6.54 Å². The van der Waals surface area contributed by atoms with Gasteiger partial charge in [0.05, 0.1) is 6.61 Å². The van der Waals surface area contributed by atoms with E-state index in [-0.39, 0.29) is 0 Å². The van der Waals surface area contributed by atoms with Gasteiger partial charge in [-0.1, -0.05) is 18.6 Å². The van der Waals surface area contributed by atoms with E-state index >= 15 is 0 Å². The fourth-order valence-corrected chi connectivity index (χ4v) is 1.96. The molecule has 1 aromatic rings. The predicted octanol–water partition coefficient (Wildman–Crippen LogP) is 4.07. The molecule has 116 valence electrons. The molecule has 2 rings (SSSR count). The van der Waals surface area contributed by atoms with Crippen molar-refractivity contribution in [2.75, 3.05) is 13.2 Å². The van der Waals surface area contributed by atoms with Crippen LogP contribution in [0.25, 0.3) is 0 Å². The van der Waals surface area contributed by atoms with Crippen LogP contribution < -0.4 is 14.8 Å². The van der Waals surface area contributed by atoms with Gasteiger partial charge >= 0.3 is 0 Å². The minimum atomic E-state index is 0.607. The van der Waals surface area contributed by atoms with Crippen molar-refractivity contribution in [2.45, 2.75) is 52.6 Å². The third-order valence-electron chi connectivity index (χ3n) is 3.40. The second-order valence-electron chi connectivity index (χ2n) is 5.87. The second kappa shape index (κ2) is 8.08. The summed E-state index contributed by atoms with van der Waals surface area (Å²) >= 11 is 0. The molecule has 1 N–H and O–H groups in total. The molecular weight excluding hydrogens is 262 g/mol. The van der Waals surface area contributed by atoms with Gasteiger partial charge in [-0.15, -0.1) is 0 Å². The molecule has 1 saturated carbocycles. The minimum Gasteiger partial charge on any atom is -0.493 e. The number of benzene rings is 1. The normalized spacial score (nSPS) is 13.9. The molecule has 0 spiro atoms. The van der Waals surface area contributed by atoms with E-state index in [0.29, 0.717) is 12.6 Å². The van der Waals surface area contributed by atoms with Crippen molar-refractivity contribution in [3.63, 3.8) is 0 Å². The summed E-state index contributed by atoms with van der Waals surface area (Å²) in [6.07, 6.45) is 5.70. The molecule has 0 aliphatic heterocycles. The molecule has 0 unspecified atom stereocenters. The average Bonchev–Trinajstić information content (AvgIpc) is 3.28. The summed E-state index contributed by atoms with van der Waals surface area (Å²) in [5.74, 6) is 1.81. The van der Waals surface area contributed by atoms with Crippen LogP contribution in [0.3, 0.4) is 0 Å². The Morgan fingerprint density at radius 2 is 2.10 bits per heavy atom. The lowest BCUT2D eigenvalue weighted by Crippen LogP contribution is -2.16. The molecule has 21 heavy (non-hydrogen) atoms. The molecule has 1 aliphatic carbocycles. The Bertz CT molecular complexity index is 474. The Labute approximate surface area is 128 Å².